The SMILES string of the molecule is CCc1nnc(Sc2n[nH]c(-c3ccccc3F)n2)c(C#N)c1CC. The van der Waals surface area contributed by atoms with Crippen LogP contribution in [0.3, 0.4) is 0 Å². The molecule has 25 heavy (non-hydrogen) atoms. The maximum atomic E-state index is 13.9. The lowest BCUT2D eigenvalue weighted by Crippen LogP contribution is -2.04. The third-order valence-corrected chi connectivity index (χ3v) is 4.55. The first-order chi connectivity index (χ1) is 12.2. The first-order valence-corrected chi connectivity index (χ1v) is 8.63. The number of nitriles is 1. The van der Waals surface area contributed by atoms with Gasteiger partial charge in [-0.1, -0.05) is 26.0 Å². The molecule has 0 atom stereocenters. The van der Waals surface area contributed by atoms with Gasteiger partial charge in [-0.05, 0) is 42.3 Å². The standard InChI is InChI=1S/C17H15FN6S/c1-3-10-12(9-19)16(23-21-14(10)4-2)25-17-20-15(22-24-17)11-7-5-6-8-13(11)18/h5-8H,3-4H2,1-2H3,(H,20,22,24). The molecular formula is C17H15FN6S. The number of halogens is 1. The predicted octanol–water partition coefficient (Wildman–Crippen LogP) is 3.55. The Labute approximate surface area is 148 Å². The van der Waals surface area contributed by atoms with Gasteiger partial charge in [0, 0.05) is 0 Å². The number of rotatable bonds is 5. The van der Waals surface area contributed by atoms with E-state index in [0.29, 0.717) is 40.0 Å². The van der Waals surface area contributed by atoms with Crippen LogP contribution in [0.4, 0.5) is 4.39 Å². The van der Waals surface area contributed by atoms with Gasteiger partial charge in [-0.15, -0.1) is 10.2 Å². The molecule has 0 saturated heterocycles. The molecule has 0 amide bonds. The second-order valence-electron chi connectivity index (χ2n) is 5.17. The zero-order valence-corrected chi connectivity index (χ0v) is 14.6. The van der Waals surface area contributed by atoms with Crippen molar-refractivity contribution in [1.29, 1.82) is 5.26 Å². The van der Waals surface area contributed by atoms with Crippen LogP contribution in [0, 0.1) is 17.1 Å². The summed E-state index contributed by atoms with van der Waals surface area (Å²) >= 11 is 1.14. The number of hydrogen-bond acceptors (Lipinski definition) is 6. The van der Waals surface area contributed by atoms with Gasteiger partial charge in [0.25, 0.3) is 0 Å². The lowest BCUT2D eigenvalue weighted by molar-refractivity contribution is 0.630. The molecule has 0 unspecified atom stereocenters. The maximum absolute atomic E-state index is 13.9. The number of aromatic amines is 1. The van der Waals surface area contributed by atoms with Gasteiger partial charge >= 0.3 is 0 Å². The Morgan fingerprint density at radius 1 is 1.20 bits per heavy atom. The van der Waals surface area contributed by atoms with Crippen LogP contribution in [-0.4, -0.2) is 25.4 Å². The van der Waals surface area contributed by atoms with Gasteiger partial charge in [0.05, 0.1) is 16.8 Å². The summed E-state index contributed by atoms with van der Waals surface area (Å²) in [5.41, 5.74) is 2.55. The molecule has 3 rings (SSSR count). The summed E-state index contributed by atoms with van der Waals surface area (Å²) in [4.78, 5) is 4.29. The summed E-state index contributed by atoms with van der Waals surface area (Å²) in [5, 5.41) is 25.5. The quantitative estimate of drug-likeness (QED) is 0.753. The minimum Gasteiger partial charge on any atom is -0.258 e. The molecule has 0 aliphatic rings. The number of aryl methyl sites for hydroxylation is 1. The average Bonchev–Trinajstić information content (AvgIpc) is 3.09. The third kappa shape index (κ3) is 3.37. The maximum Gasteiger partial charge on any atom is 0.215 e. The van der Waals surface area contributed by atoms with E-state index in [9.17, 15) is 9.65 Å². The van der Waals surface area contributed by atoms with Crippen molar-refractivity contribution in [1.82, 2.24) is 25.4 Å². The molecule has 8 heteroatoms. The molecule has 126 valence electrons. The molecule has 0 radical (unpaired) electrons. The van der Waals surface area contributed by atoms with Crippen molar-refractivity contribution in [2.75, 3.05) is 0 Å². The van der Waals surface area contributed by atoms with Gasteiger partial charge in [-0.2, -0.15) is 10.4 Å². The van der Waals surface area contributed by atoms with E-state index in [4.69, 9.17) is 0 Å². The van der Waals surface area contributed by atoms with Crippen molar-refractivity contribution >= 4 is 11.8 Å². The normalized spacial score (nSPS) is 10.6. The summed E-state index contributed by atoms with van der Waals surface area (Å²) < 4.78 is 13.9. The van der Waals surface area contributed by atoms with Crippen molar-refractivity contribution in [2.24, 2.45) is 0 Å². The van der Waals surface area contributed by atoms with Crippen molar-refractivity contribution in [2.45, 2.75) is 36.9 Å². The smallest absolute Gasteiger partial charge is 0.215 e. The summed E-state index contributed by atoms with van der Waals surface area (Å²) in [6.07, 6.45) is 1.41. The van der Waals surface area contributed by atoms with Crippen LogP contribution in [0.15, 0.2) is 34.4 Å². The highest BCUT2D eigenvalue weighted by molar-refractivity contribution is 7.99. The molecule has 1 N–H and O–H groups in total. The van der Waals surface area contributed by atoms with Crippen LogP contribution in [0.25, 0.3) is 11.4 Å². The van der Waals surface area contributed by atoms with Crippen LogP contribution in [0.2, 0.25) is 0 Å². The van der Waals surface area contributed by atoms with Crippen LogP contribution < -0.4 is 0 Å². The molecule has 0 fully saturated rings. The van der Waals surface area contributed by atoms with E-state index in [0.717, 1.165) is 23.0 Å². The zero-order chi connectivity index (χ0) is 17.8. The number of nitrogens with zero attached hydrogens (tertiary/aromatic N) is 5. The fourth-order valence-electron chi connectivity index (χ4n) is 2.49. The third-order valence-electron chi connectivity index (χ3n) is 3.71. The highest BCUT2D eigenvalue weighted by Crippen LogP contribution is 2.30. The Morgan fingerprint density at radius 3 is 2.68 bits per heavy atom. The first-order valence-electron chi connectivity index (χ1n) is 7.81. The second kappa shape index (κ2) is 7.40. The fraction of sp³-hybridized carbons (Fsp3) is 0.235. The summed E-state index contributed by atoms with van der Waals surface area (Å²) in [7, 11) is 0. The summed E-state index contributed by atoms with van der Waals surface area (Å²) in [6.45, 7) is 3.96. The van der Waals surface area contributed by atoms with Crippen molar-refractivity contribution in [3.63, 3.8) is 0 Å². The largest absolute Gasteiger partial charge is 0.258 e. The Hall–Kier alpha value is -2.79. The molecular weight excluding hydrogens is 339 g/mol. The van der Waals surface area contributed by atoms with Crippen molar-refractivity contribution in [3.05, 3.63) is 46.9 Å². The van der Waals surface area contributed by atoms with Crippen molar-refractivity contribution < 1.29 is 4.39 Å². The van der Waals surface area contributed by atoms with Gasteiger partial charge < -0.3 is 0 Å². The summed E-state index contributed by atoms with van der Waals surface area (Å²) in [5.74, 6) is -0.0544. The van der Waals surface area contributed by atoms with Gasteiger partial charge in [-0.3, -0.25) is 5.10 Å². The molecule has 0 aliphatic heterocycles. The van der Waals surface area contributed by atoms with Gasteiger partial charge in [0.2, 0.25) is 5.16 Å². The molecule has 2 aromatic heterocycles. The van der Waals surface area contributed by atoms with Gasteiger partial charge in [-0.25, -0.2) is 9.37 Å². The number of nitrogens with one attached hydrogen (secondary N) is 1. The highest BCUT2D eigenvalue weighted by Gasteiger charge is 2.18. The molecule has 0 aliphatic carbocycles. The van der Waals surface area contributed by atoms with E-state index in [1.165, 1.54) is 6.07 Å². The Balaban J connectivity index is 1.94. The van der Waals surface area contributed by atoms with Crippen LogP contribution in [0.5, 0.6) is 0 Å². The number of H-pyrrole nitrogens is 1. The number of aromatic nitrogens is 5. The zero-order valence-electron chi connectivity index (χ0n) is 13.7. The van der Waals surface area contributed by atoms with Gasteiger partial charge in [0.15, 0.2) is 5.82 Å². The summed E-state index contributed by atoms with van der Waals surface area (Å²) in [6, 6.07) is 8.53. The number of hydrogen-bond donors (Lipinski definition) is 1. The highest BCUT2D eigenvalue weighted by atomic mass is 32.2. The van der Waals surface area contributed by atoms with Gasteiger partial charge in [0.1, 0.15) is 16.9 Å². The first kappa shape index (κ1) is 17.0. The monoisotopic (exact) mass is 354 g/mol. The van der Waals surface area contributed by atoms with E-state index in [1.54, 1.807) is 18.2 Å². The predicted molar refractivity (Wildman–Crippen MR) is 91.4 cm³/mol. The average molecular weight is 354 g/mol. The molecule has 2 heterocycles. The molecule has 0 saturated carbocycles. The minimum atomic E-state index is -0.381. The molecule has 0 bridgehead atoms. The number of benzene rings is 1. The lowest BCUT2D eigenvalue weighted by atomic mass is 10.1. The Bertz CT molecular complexity index is 947. The van der Waals surface area contributed by atoms with E-state index in [2.05, 4.69) is 31.4 Å². The Kier molecular flexibility index (Phi) is 5.05. The van der Waals surface area contributed by atoms with Crippen LogP contribution in [-0.2, 0) is 12.8 Å². The van der Waals surface area contributed by atoms with Crippen LogP contribution >= 0.6 is 11.8 Å². The van der Waals surface area contributed by atoms with E-state index < -0.39 is 0 Å². The molecule has 1 aromatic carbocycles. The van der Waals surface area contributed by atoms with E-state index >= 15 is 0 Å². The van der Waals surface area contributed by atoms with Crippen LogP contribution in [0.1, 0.15) is 30.7 Å². The Morgan fingerprint density at radius 2 is 2.00 bits per heavy atom. The van der Waals surface area contributed by atoms with Crippen molar-refractivity contribution in [3.8, 4) is 17.5 Å². The molecule has 0 spiro atoms. The minimum absolute atomic E-state index is 0.327. The molecule has 3 aromatic rings. The molecule has 6 nitrogen and oxygen atoms in total. The topological polar surface area (TPSA) is 91.1 Å². The van der Waals surface area contributed by atoms with E-state index in [-0.39, 0.29) is 5.82 Å². The fourth-order valence-corrected chi connectivity index (χ4v) is 3.25. The lowest BCUT2D eigenvalue weighted by Gasteiger charge is -2.08. The van der Waals surface area contributed by atoms with E-state index in [1.807, 2.05) is 13.8 Å². The second-order valence-corrected chi connectivity index (χ2v) is 6.13.